The summed E-state index contributed by atoms with van der Waals surface area (Å²) in [7, 11) is 0. The number of hydrogen-bond donors (Lipinski definition) is 0. The Balaban J connectivity index is 1.26. The van der Waals surface area contributed by atoms with E-state index in [-0.39, 0.29) is 0 Å². The molecule has 2 aromatic heterocycles. The molecule has 0 saturated heterocycles. The maximum absolute atomic E-state index is 2.45. The largest absolute Gasteiger partial charge is 0.310 e. The summed E-state index contributed by atoms with van der Waals surface area (Å²) < 4.78 is 4.91. The van der Waals surface area contributed by atoms with Gasteiger partial charge in [0.1, 0.15) is 0 Å². The maximum atomic E-state index is 2.45. The third-order valence-electron chi connectivity index (χ3n) is 10.3. The lowest BCUT2D eigenvalue weighted by molar-refractivity contribution is 1.17. The molecule has 0 aliphatic rings. The summed E-state index contributed by atoms with van der Waals surface area (Å²) >= 11 is 0. The first-order valence-electron chi connectivity index (χ1n) is 18.1. The van der Waals surface area contributed by atoms with Crippen molar-refractivity contribution >= 4 is 49.9 Å². The fourth-order valence-electron chi connectivity index (χ4n) is 7.87. The Bertz CT molecular complexity index is 2710. The van der Waals surface area contributed by atoms with Gasteiger partial charge in [-0.1, -0.05) is 140 Å². The van der Waals surface area contributed by atoms with Crippen LogP contribution in [0.15, 0.2) is 212 Å². The molecular formula is C50H35N3. The van der Waals surface area contributed by atoms with Gasteiger partial charge in [0.15, 0.2) is 0 Å². The average Bonchev–Trinajstić information content (AvgIpc) is 3.75. The summed E-state index contributed by atoms with van der Waals surface area (Å²) in [5, 5.41) is 2.40. The van der Waals surface area contributed by atoms with Gasteiger partial charge in [0, 0.05) is 39.2 Å². The molecule has 0 atom stereocenters. The molecule has 0 saturated carbocycles. The number of rotatable bonds is 7. The minimum absolute atomic E-state index is 1.10. The zero-order valence-corrected chi connectivity index (χ0v) is 29.0. The summed E-state index contributed by atoms with van der Waals surface area (Å²) in [5.41, 5.74) is 15.1. The molecule has 0 amide bonds. The SMILES string of the molecule is c1ccc(-c2ccc(-n3c4ccc(N(c5ccccc5)c5ccccc5)cc4c4c3c3ccccc3n4-c3ccc(-c4ccccc4)cc3)cc2)cc1. The van der Waals surface area contributed by atoms with Crippen molar-refractivity contribution in [3.8, 4) is 33.6 Å². The van der Waals surface area contributed by atoms with Gasteiger partial charge in [-0.05, 0) is 95.1 Å². The molecule has 250 valence electrons. The van der Waals surface area contributed by atoms with E-state index >= 15 is 0 Å². The van der Waals surface area contributed by atoms with Crippen LogP contribution in [0.1, 0.15) is 0 Å². The van der Waals surface area contributed by atoms with Crippen molar-refractivity contribution in [3.63, 3.8) is 0 Å². The number of fused-ring (bicyclic) bond motifs is 5. The summed E-state index contributed by atoms with van der Waals surface area (Å²) in [6.07, 6.45) is 0. The summed E-state index contributed by atoms with van der Waals surface area (Å²) in [5.74, 6) is 0. The topological polar surface area (TPSA) is 13.1 Å². The van der Waals surface area contributed by atoms with Crippen molar-refractivity contribution in [2.24, 2.45) is 0 Å². The van der Waals surface area contributed by atoms with E-state index in [4.69, 9.17) is 0 Å². The van der Waals surface area contributed by atoms with Gasteiger partial charge in [-0.15, -0.1) is 0 Å². The molecule has 0 fully saturated rings. The lowest BCUT2D eigenvalue weighted by Crippen LogP contribution is -2.09. The lowest BCUT2D eigenvalue weighted by Gasteiger charge is -2.25. The van der Waals surface area contributed by atoms with Gasteiger partial charge in [0.25, 0.3) is 0 Å². The van der Waals surface area contributed by atoms with Crippen molar-refractivity contribution in [1.29, 1.82) is 0 Å². The highest BCUT2D eigenvalue weighted by molar-refractivity contribution is 6.20. The third-order valence-corrected chi connectivity index (χ3v) is 10.3. The van der Waals surface area contributed by atoms with Crippen LogP contribution in [0.2, 0.25) is 0 Å². The molecule has 0 radical (unpaired) electrons. The molecule has 10 rings (SSSR count). The van der Waals surface area contributed by atoms with E-state index in [0.29, 0.717) is 0 Å². The van der Waals surface area contributed by atoms with E-state index in [1.807, 2.05) is 0 Å². The van der Waals surface area contributed by atoms with Crippen molar-refractivity contribution < 1.29 is 0 Å². The summed E-state index contributed by atoms with van der Waals surface area (Å²) in [4.78, 5) is 2.35. The highest BCUT2D eigenvalue weighted by atomic mass is 15.1. The Hall–Kier alpha value is -7.10. The molecule has 0 aliphatic heterocycles. The van der Waals surface area contributed by atoms with Crippen LogP contribution in [-0.2, 0) is 0 Å². The van der Waals surface area contributed by atoms with Crippen LogP contribution in [0.4, 0.5) is 17.1 Å². The van der Waals surface area contributed by atoms with Crippen molar-refractivity contribution in [3.05, 3.63) is 212 Å². The molecule has 10 aromatic rings. The number of para-hydroxylation sites is 3. The highest BCUT2D eigenvalue weighted by Crippen LogP contribution is 2.44. The van der Waals surface area contributed by atoms with Crippen LogP contribution in [0, 0.1) is 0 Å². The lowest BCUT2D eigenvalue weighted by atomic mass is 10.1. The van der Waals surface area contributed by atoms with Crippen LogP contribution in [-0.4, -0.2) is 9.13 Å². The van der Waals surface area contributed by atoms with Gasteiger partial charge >= 0.3 is 0 Å². The Kier molecular flexibility index (Phi) is 7.47. The van der Waals surface area contributed by atoms with E-state index < -0.39 is 0 Å². The van der Waals surface area contributed by atoms with Crippen molar-refractivity contribution in [1.82, 2.24) is 9.13 Å². The van der Waals surface area contributed by atoms with E-state index in [1.165, 1.54) is 49.6 Å². The number of hydrogen-bond acceptors (Lipinski definition) is 1. The molecule has 0 unspecified atom stereocenters. The van der Waals surface area contributed by atoms with Gasteiger partial charge in [-0.2, -0.15) is 0 Å². The normalized spacial score (nSPS) is 11.4. The molecular weight excluding hydrogens is 643 g/mol. The second-order valence-electron chi connectivity index (χ2n) is 13.4. The predicted octanol–water partition coefficient (Wildman–Crippen LogP) is 13.5. The molecule has 3 nitrogen and oxygen atoms in total. The fourth-order valence-corrected chi connectivity index (χ4v) is 7.87. The van der Waals surface area contributed by atoms with Crippen LogP contribution in [0.3, 0.4) is 0 Å². The standard InChI is InChI=1S/C50H35N3/c1-5-15-36(16-6-1)38-25-29-42(30-26-38)52-47-24-14-13-23-45(47)49-50(52)46-35-44(51(40-19-9-3-10-20-40)41-21-11-4-12-22-41)33-34-48(46)53(49)43-31-27-39(28-32-43)37-17-7-2-8-18-37/h1-35H. The zero-order chi connectivity index (χ0) is 35.1. The van der Waals surface area contributed by atoms with Gasteiger partial charge in [-0.3, -0.25) is 0 Å². The summed E-state index contributed by atoms with van der Waals surface area (Å²) in [6.45, 7) is 0. The minimum atomic E-state index is 1.10. The minimum Gasteiger partial charge on any atom is -0.310 e. The van der Waals surface area contributed by atoms with Crippen LogP contribution < -0.4 is 4.90 Å². The number of aromatic nitrogens is 2. The summed E-state index contributed by atoms with van der Waals surface area (Å²) in [6, 6.07) is 76.2. The second-order valence-corrected chi connectivity index (χ2v) is 13.4. The van der Waals surface area contributed by atoms with E-state index in [1.54, 1.807) is 0 Å². The van der Waals surface area contributed by atoms with Crippen molar-refractivity contribution in [2.45, 2.75) is 0 Å². The Morgan fingerprint density at radius 3 is 1.19 bits per heavy atom. The molecule has 0 bridgehead atoms. The smallest absolute Gasteiger partial charge is 0.0804 e. The Morgan fingerprint density at radius 2 is 0.679 bits per heavy atom. The van der Waals surface area contributed by atoms with E-state index in [2.05, 4.69) is 226 Å². The molecule has 0 spiro atoms. The maximum Gasteiger partial charge on any atom is 0.0804 e. The predicted molar refractivity (Wildman–Crippen MR) is 223 cm³/mol. The molecule has 2 heterocycles. The molecule has 0 aliphatic carbocycles. The molecule has 53 heavy (non-hydrogen) atoms. The van der Waals surface area contributed by atoms with Gasteiger partial charge < -0.3 is 14.0 Å². The number of nitrogens with zero attached hydrogens (tertiary/aromatic N) is 3. The second kappa shape index (κ2) is 12.9. The fraction of sp³-hybridized carbons (Fsp3) is 0. The van der Waals surface area contributed by atoms with Crippen LogP contribution in [0.5, 0.6) is 0 Å². The number of anilines is 3. The Morgan fingerprint density at radius 1 is 0.283 bits per heavy atom. The first-order chi connectivity index (χ1) is 26.3. The molecule has 0 N–H and O–H groups in total. The first-order valence-corrected chi connectivity index (χ1v) is 18.1. The zero-order valence-electron chi connectivity index (χ0n) is 29.0. The quantitative estimate of drug-likeness (QED) is 0.164. The Labute approximate surface area is 308 Å². The van der Waals surface area contributed by atoms with E-state index in [9.17, 15) is 0 Å². The average molecular weight is 678 g/mol. The first kappa shape index (κ1) is 30.7. The third kappa shape index (κ3) is 5.30. The number of benzene rings is 8. The van der Waals surface area contributed by atoms with Gasteiger partial charge in [0.05, 0.1) is 22.1 Å². The molecule has 8 aromatic carbocycles. The van der Waals surface area contributed by atoms with Crippen LogP contribution >= 0.6 is 0 Å². The van der Waals surface area contributed by atoms with Crippen LogP contribution in [0.25, 0.3) is 66.5 Å². The monoisotopic (exact) mass is 677 g/mol. The van der Waals surface area contributed by atoms with Crippen molar-refractivity contribution in [2.75, 3.05) is 4.90 Å². The van der Waals surface area contributed by atoms with Gasteiger partial charge in [0.2, 0.25) is 0 Å². The van der Waals surface area contributed by atoms with Gasteiger partial charge in [-0.25, -0.2) is 0 Å². The molecule has 3 heteroatoms. The van der Waals surface area contributed by atoms with E-state index in [0.717, 1.165) is 34.0 Å². The highest BCUT2D eigenvalue weighted by Gasteiger charge is 2.23.